The van der Waals surface area contributed by atoms with Gasteiger partial charge in [0.05, 0.1) is 15.7 Å². The van der Waals surface area contributed by atoms with E-state index in [9.17, 15) is 0 Å². The zero-order valence-electron chi connectivity index (χ0n) is 18.2. The van der Waals surface area contributed by atoms with Crippen molar-refractivity contribution >= 4 is 86.1 Å². The fraction of sp³-hybridized carbons (Fsp3) is 0. The van der Waals surface area contributed by atoms with Crippen molar-refractivity contribution in [1.82, 2.24) is 4.98 Å². The highest BCUT2D eigenvalue weighted by Crippen LogP contribution is 2.38. The van der Waals surface area contributed by atoms with Crippen LogP contribution >= 0.6 is 22.7 Å². The van der Waals surface area contributed by atoms with Crippen LogP contribution in [-0.4, -0.2) is 4.98 Å². The minimum atomic E-state index is 1.13. The Balaban J connectivity index is 0.000000118. The van der Waals surface area contributed by atoms with Crippen LogP contribution in [0.15, 0.2) is 114 Å². The Hall–Kier alpha value is -3.79. The lowest BCUT2D eigenvalue weighted by Gasteiger charge is -2.06. The van der Waals surface area contributed by atoms with Gasteiger partial charge in [-0.1, -0.05) is 97.1 Å². The lowest BCUT2D eigenvalue weighted by atomic mass is 9.99. The number of nitrogens with zero attached hydrogens (tertiary/aromatic N) is 1. The Bertz CT molecular complexity index is 1690. The van der Waals surface area contributed by atoms with Crippen molar-refractivity contribution in [3.63, 3.8) is 0 Å². The maximum absolute atomic E-state index is 4.52. The summed E-state index contributed by atoms with van der Waals surface area (Å²) in [6, 6.07) is 36.7. The molecule has 0 aliphatic carbocycles. The van der Waals surface area contributed by atoms with Crippen molar-refractivity contribution < 1.29 is 0 Å². The molecule has 3 heteroatoms. The van der Waals surface area contributed by atoms with Gasteiger partial charge in [-0.05, 0) is 38.4 Å². The topological polar surface area (TPSA) is 12.9 Å². The van der Waals surface area contributed by atoms with Crippen LogP contribution < -0.4 is 0 Å². The first-order valence-electron chi connectivity index (χ1n) is 11.3. The zero-order chi connectivity index (χ0) is 22.5. The molecule has 2 aromatic heterocycles. The molecule has 0 saturated carbocycles. The van der Waals surface area contributed by atoms with E-state index >= 15 is 0 Å². The second-order valence-electron chi connectivity index (χ2n) is 8.38. The lowest BCUT2D eigenvalue weighted by molar-refractivity contribution is 1.52. The summed E-state index contributed by atoms with van der Waals surface area (Å²) in [5, 5.41) is 14.2. The highest BCUT2D eigenvalue weighted by molar-refractivity contribution is 7.18. The van der Waals surface area contributed by atoms with Crippen molar-refractivity contribution in [3.05, 3.63) is 114 Å². The molecule has 0 atom stereocenters. The lowest BCUT2D eigenvalue weighted by Crippen LogP contribution is -1.79. The van der Waals surface area contributed by atoms with E-state index < -0.39 is 0 Å². The third kappa shape index (κ3) is 2.95. The third-order valence-electron chi connectivity index (χ3n) is 6.56. The van der Waals surface area contributed by atoms with Crippen LogP contribution in [0.3, 0.4) is 0 Å². The molecule has 2 heterocycles. The molecule has 0 fully saturated rings. The number of thiophene rings is 1. The number of hydrogen-bond acceptors (Lipinski definition) is 3. The summed E-state index contributed by atoms with van der Waals surface area (Å²) in [6.45, 7) is 0. The van der Waals surface area contributed by atoms with E-state index in [0.29, 0.717) is 0 Å². The van der Waals surface area contributed by atoms with Crippen LogP contribution in [0.25, 0.3) is 63.4 Å². The fourth-order valence-corrected chi connectivity index (χ4v) is 6.86. The summed E-state index contributed by atoms with van der Waals surface area (Å²) in [5.41, 5.74) is 3.06. The molecule has 0 aliphatic rings. The molecule has 8 aromatic rings. The molecule has 0 saturated heterocycles. The summed E-state index contributed by atoms with van der Waals surface area (Å²) < 4.78 is 2.69. The fourth-order valence-electron chi connectivity index (χ4n) is 5.07. The van der Waals surface area contributed by atoms with Crippen molar-refractivity contribution in [1.29, 1.82) is 0 Å². The van der Waals surface area contributed by atoms with Crippen LogP contribution in [0, 0.1) is 0 Å². The summed E-state index contributed by atoms with van der Waals surface area (Å²) in [5.74, 6) is 0. The molecule has 0 amide bonds. The highest BCUT2D eigenvalue weighted by Gasteiger charge is 2.09. The molecule has 160 valence electrons. The summed E-state index contributed by atoms with van der Waals surface area (Å²) >= 11 is 3.55. The predicted molar refractivity (Wildman–Crippen MR) is 151 cm³/mol. The van der Waals surface area contributed by atoms with Gasteiger partial charge < -0.3 is 0 Å². The van der Waals surface area contributed by atoms with E-state index in [-0.39, 0.29) is 0 Å². The smallest absolute Gasteiger partial charge is 0.0896 e. The maximum Gasteiger partial charge on any atom is 0.0896 e. The molecule has 0 N–H and O–H groups in total. The second kappa shape index (κ2) is 7.91. The Morgan fingerprint density at radius 3 is 1.38 bits per heavy atom. The minimum absolute atomic E-state index is 1.13. The number of rotatable bonds is 0. The van der Waals surface area contributed by atoms with E-state index in [0.717, 1.165) is 5.52 Å². The van der Waals surface area contributed by atoms with Gasteiger partial charge in [0.2, 0.25) is 0 Å². The average molecular weight is 470 g/mol. The Morgan fingerprint density at radius 2 is 0.794 bits per heavy atom. The van der Waals surface area contributed by atoms with Crippen molar-refractivity contribution in [2.24, 2.45) is 0 Å². The number of hydrogen-bond donors (Lipinski definition) is 0. The molecule has 6 aromatic carbocycles. The molecule has 0 spiro atoms. The SMILES string of the molecule is c1ccc2c(c1)c1ccccc1c1sccc21.c1ccc2c(c1)c1ccccc1c1scnc21. The monoisotopic (exact) mass is 469 g/mol. The Labute approximate surface area is 204 Å². The van der Waals surface area contributed by atoms with Gasteiger partial charge >= 0.3 is 0 Å². The van der Waals surface area contributed by atoms with Gasteiger partial charge in [0.25, 0.3) is 0 Å². The molecule has 1 nitrogen and oxygen atoms in total. The van der Waals surface area contributed by atoms with Gasteiger partial charge in [0, 0.05) is 26.2 Å². The van der Waals surface area contributed by atoms with E-state index in [2.05, 4.69) is 113 Å². The van der Waals surface area contributed by atoms with Crippen LogP contribution in [0.5, 0.6) is 0 Å². The average Bonchev–Trinajstić information content (AvgIpc) is 3.60. The number of benzene rings is 6. The van der Waals surface area contributed by atoms with E-state index in [4.69, 9.17) is 0 Å². The first-order valence-corrected chi connectivity index (χ1v) is 13.1. The van der Waals surface area contributed by atoms with Crippen molar-refractivity contribution in [3.8, 4) is 0 Å². The number of aromatic nitrogens is 1. The van der Waals surface area contributed by atoms with Crippen molar-refractivity contribution in [2.45, 2.75) is 0 Å². The van der Waals surface area contributed by atoms with Gasteiger partial charge in [-0.2, -0.15) is 0 Å². The normalized spacial score (nSPS) is 11.5. The summed E-state index contributed by atoms with van der Waals surface area (Å²) in [4.78, 5) is 4.52. The van der Waals surface area contributed by atoms with Crippen LogP contribution in [0.1, 0.15) is 0 Å². The maximum atomic E-state index is 4.52. The van der Waals surface area contributed by atoms with Crippen molar-refractivity contribution in [2.75, 3.05) is 0 Å². The zero-order valence-corrected chi connectivity index (χ0v) is 19.9. The van der Waals surface area contributed by atoms with Crippen LogP contribution in [0.4, 0.5) is 0 Å². The standard InChI is InChI=1S/C16H10S.C15H9NS/c1-2-7-13-11(5-1)12-6-3-4-8-14(12)16-15(13)9-10-17-16;1-3-7-12-10(5-1)11-6-2-4-8-13(11)15-14(12)16-9-17-15/h1-10H;1-9H. The third-order valence-corrected chi connectivity index (χ3v) is 8.36. The van der Waals surface area contributed by atoms with E-state index in [1.807, 2.05) is 16.8 Å². The summed E-state index contributed by atoms with van der Waals surface area (Å²) in [7, 11) is 0. The second-order valence-corrected chi connectivity index (χ2v) is 10.1. The molecular weight excluding hydrogens is 450 g/mol. The largest absolute Gasteiger partial charge is 0.244 e. The molecule has 0 unspecified atom stereocenters. The molecule has 8 rings (SSSR count). The van der Waals surface area contributed by atoms with Gasteiger partial charge in [0.15, 0.2) is 0 Å². The minimum Gasteiger partial charge on any atom is -0.244 e. The van der Waals surface area contributed by atoms with Gasteiger partial charge in [-0.25, -0.2) is 4.98 Å². The highest BCUT2D eigenvalue weighted by atomic mass is 32.1. The number of thiazole rings is 1. The predicted octanol–water partition coefficient (Wildman–Crippen LogP) is 9.81. The molecule has 0 radical (unpaired) electrons. The molecular formula is C31H19NS2. The molecule has 34 heavy (non-hydrogen) atoms. The Morgan fingerprint density at radius 1 is 0.382 bits per heavy atom. The Kier molecular flexibility index (Phi) is 4.57. The first kappa shape index (κ1) is 19.7. The number of fused-ring (bicyclic) bond motifs is 12. The van der Waals surface area contributed by atoms with Crippen LogP contribution in [0.2, 0.25) is 0 Å². The van der Waals surface area contributed by atoms with Gasteiger partial charge in [-0.3, -0.25) is 0 Å². The van der Waals surface area contributed by atoms with E-state index in [1.54, 1.807) is 11.3 Å². The molecule has 0 aliphatic heterocycles. The van der Waals surface area contributed by atoms with Gasteiger partial charge in [-0.15, -0.1) is 22.7 Å². The quantitative estimate of drug-likeness (QED) is 0.201. The first-order chi connectivity index (χ1) is 16.9. The van der Waals surface area contributed by atoms with E-state index in [1.165, 1.54) is 57.9 Å². The van der Waals surface area contributed by atoms with Gasteiger partial charge in [0.1, 0.15) is 0 Å². The molecule has 0 bridgehead atoms. The van der Waals surface area contributed by atoms with Crippen LogP contribution in [-0.2, 0) is 0 Å². The summed E-state index contributed by atoms with van der Waals surface area (Å²) in [6.07, 6.45) is 0.